The first-order valence-electron chi connectivity index (χ1n) is 6.08. The van der Waals surface area contributed by atoms with E-state index in [9.17, 15) is 20.1 Å². The van der Waals surface area contributed by atoms with Crippen LogP contribution in [-0.2, 0) is 20.9 Å². The average Bonchev–Trinajstić information content (AvgIpc) is 2.43. The van der Waals surface area contributed by atoms with Gasteiger partial charge in [-0.2, -0.15) is 0 Å². The molecule has 1 heterocycles. The lowest BCUT2D eigenvalue weighted by Gasteiger charge is -2.38. The number of aliphatic hydroxyl groups is 3. The zero-order valence-corrected chi connectivity index (χ0v) is 10.5. The minimum Gasteiger partial charge on any atom is -0.479 e. The fourth-order valence-electron chi connectivity index (χ4n) is 2.02. The zero-order chi connectivity index (χ0) is 14.7. The number of hydrogen-bond donors (Lipinski definition) is 4. The third-order valence-electron chi connectivity index (χ3n) is 3.09. The Morgan fingerprint density at radius 1 is 1.15 bits per heavy atom. The molecule has 20 heavy (non-hydrogen) atoms. The number of aliphatic hydroxyl groups excluding tert-OH is 3. The molecule has 7 heteroatoms. The molecule has 0 unspecified atom stereocenters. The predicted molar refractivity (Wildman–Crippen MR) is 65.5 cm³/mol. The molecule has 4 N–H and O–H groups in total. The van der Waals surface area contributed by atoms with E-state index in [1.165, 1.54) is 0 Å². The highest BCUT2D eigenvalue weighted by Crippen LogP contribution is 2.23. The van der Waals surface area contributed by atoms with Gasteiger partial charge in [-0.3, -0.25) is 0 Å². The molecule has 0 saturated carbocycles. The van der Waals surface area contributed by atoms with Crippen LogP contribution < -0.4 is 0 Å². The molecule has 1 aromatic carbocycles. The van der Waals surface area contributed by atoms with Gasteiger partial charge in [0.2, 0.25) is 0 Å². The summed E-state index contributed by atoms with van der Waals surface area (Å²) in [6, 6.07) is 8.98. The van der Waals surface area contributed by atoms with E-state index >= 15 is 0 Å². The first-order chi connectivity index (χ1) is 9.50. The molecule has 7 nitrogen and oxygen atoms in total. The van der Waals surface area contributed by atoms with E-state index in [1.807, 2.05) is 6.07 Å². The molecule has 1 aromatic rings. The third kappa shape index (κ3) is 3.14. The number of carboxylic acid groups (broad SMARTS) is 1. The first kappa shape index (κ1) is 14.9. The largest absolute Gasteiger partial charge is 0.479 e. The van der Waals surface area contributed by atoms with Gasteiger partial charge in [0.1, 0.15) is 18.3 Å². The summed E-state index contributed by atoms with van der Waals surface area (Å²) in [4.78, 5) is 10.9. The monoisotopic (exact) mass is 284 g/mol. The predicted octanol–water partition coefficient (Wildman–Crippen LogP) is -0.905. The van der Waals surface area contributed by atoms with E-state index in [0.29, 0.717) is 0 Å². The van der Waals surface area contributed by atoms with Crippen LogP contribution in [-0.4, -0.2) is 57.1 Å². The van der Waals surface area contributed by atoms with Crippen LogP contribution in [0.5, 0.6) is 0 Å². The molecule has 1 aliphatic heterocycles. The highest BCUT2D eigenvalue weighted by atomic mass is 16.7. The fraction of sp³-hybridized carbons (Fsp3) is 0.462. The van der Waals surface area contributed by atoms with Gasteiger partial charge < -0.3 is 29.9 Å². The lowest BCUT2D eigenvalue weighted by atomic mass is 9.98. The molecule has 0 bridgehead atoms. The number of benzene rings is 1. The van der Waals surface area contributed by atoms with Gasteiger partial charge in [0.05, 0.1) is 6.61 Å². The van der Waals surface area contributed by atoms with Gasteiger partial charge in [-0.1, -0.05) is 30.3 Å². The molecular weight excluding hydrogens is 268 g/mol. The zero-order valence-electron chi connectivity index (χ0n) is 10.5. The van der Waals surface area contributed by atoms with E-state index in [2.05, 4.69) is 4.74 Å². The number of rotatable bonds is 4. The van der Waals surface area contributed by atoms with Crippen LogP contribution in [0.2, 0.25) is 0 Å². The molecule has 2 rings (SSSR count). The molecule has 110 valence electrons. The van der Waals surface area contributed by atoms with Crippen LogP contribution >= 0.6 is 0 Å². The maximum Gasteiger partial charge on any atom is 0.335 e. The molecular formula is C13H16O7. The summed E-state index contributed by atoms with van der Waals surface area (Å²) in [5.74, 6) is -1.43. The molecule has 0 amide bonds. The van der Waals surface area contributed by atoms with Gasteiger partial charge in [-0.15, -0.1) is 0 Å². The van der Waals surface area contributed by atoms with Gasteiger partial charge >= 0.3 is 5.97 Å². The lowest BCUT2D eigenvalue weighted by molar-refractivity contribution is -0.289. The molecule has 0 spiro atoms. The van der Waals surface area contributed by atoms with E-state index in [4.69, 9.17) is 9.84 Å². The van der Waals surface area contributed by atoms with Gasteiger partial charge in [-0.05, 0) is 5.56 Å². The number of hydrogen-bond acceptors (Lipinski definition) is 6. The summed E-state index contributed by atoms with van der Waals surface area (Å²) in [7, 11) is 0. The van der Waals surface area contributed by atoms with Crippen LogP contribution in [0.15, 0.2) is 30.3 Å². The minimum atomic E-state index is -1.72. The Kier molecular flexibility index (Phi) is 4.69. The Morgan fingerprint density at radius 3 is 2.40 bits per heavy atom. The van der Waals surface area contributed by atoms with Crippen LogP contribution in [0, 0.1) is 0 Å². The van der Waals surface area contributed by atoms with Gasteiger partial charge in [0.15, 0.2) is 12.4 Å². The van der Waals surface area contributed by atoms with E-state index in [1.54, 1.807) is 24.3 Å². The van der Waals surface area contributed by atoms with Crippen LogP contribution in [0.25, 0.3) is 0 Å². The van der Waals surface area contributed by atoms with Crippen molar-refractivity contribution in [3.63, 3.8) is 0 Å². The smallest absolute Gasteiger partial charge is 0.335 e. The second-order valence-electron chi connectivity index (χ2n) is 4.53. The quantitative estimate of drug-likeness (QED) is 0.566. The fourth-order valence-corrected chi connectivity index (χ4v) is 2.02. The summed E-state index contributed by atoms with van der Waals surface area (Å²) >= 11 is 0. The van der Waals surface area contributed by atoms with E-state index < -0.39 is 36.7 Å². The maximum atomic E-state index is 10.9. The average molecular weight is 284 g/mol. The van der Waals surface area contributed by atoms with Crippen molar-refractivity contribution in [2.24, 2.45) is 0 Å². The van der Waals surface area contributed by atoms with Gasteiger partial charge in [0.25, 0.3) is 0 Å². The number of ether oxygens (including phenoxy) is 2. The van der Waals surface area contributed by atoms with Crippen molar-refractivity contribution in [3.05, 3.63) is 35.9 Å². The first-order valence-corrected chi connectivity index (χ1v) is 6.08. The van der Waals surface area contributed by atoms with Gasteiger partial charge in [-0.25, -0.2) is 4.79 Å². The Bertz CT molecular complexity index is 449. The van der Waals surface area contributed by atoms with Crippen molar-refractivity contribution in [3.8, 4) is 0 Å². The number of carbonyl (C=O) groups is 1. The van der Waals surface area contributed by atoms with Crippen molar-refractivity contribution < 1.29 is 34.7 Å². The lowest BCUT2D eigenvalue weighted by Crippen LogP contribution is -2.60. The topological polar surface area (TPSA) is 116 Å². The highest BCUT2D eigenvalue weighted by Gasteiger charge is 2.47. The molecule has 5 atom stereocenters. The standard InChI is InChI=1S/C13H16O7/c14-8-10(19-6-7-4-2-1-3-5-7)9(15)13(18)20-11(8)12(16)17/h1-5,8-11,13-15,18H,6H2,(H,16,17)/t8-,9+,10-,11+,13-/m0/s1. The van der Waals surface area contributed by atoms with Crippen LogP contribution in [0.1, 0.15) is 5.56 Å². The van der Waals surface area contributed by atoms with Crippen LogP contribution in [0.4, 0.5) is 0 Å². The molecule has 1 saturated heterocycles. The van der Waals surface area contributed by atoms with Crippen molar-refractivity contribution in [2.75, 3.05) is 0 Å². The summed E-state index contributed by atoms with van der Waals surface area (Å²) in [5.41, 5.74) is 0.791. The minimum absolute atomic E-state index is 0.0681. The van der Waals surface area contributed by atoms with Crippen LogP contribution in [0.3, 0.4) is 0 Å². The highest BCUT2D eigenvalue weighted by molar-refractivity contribution is 5.73. The van der Waals surface area contributed by atoms with E-state index in [-0.39, 0.29) is 6.61 Å². The van der Waals surface area contributed by atoms with Crippen molar-refractivity contribution in [2.45, 2.75) is 37.3 Å². The second kappa shape index (κ2) is 6.29. The number of aliphatic carboxylic acids is 1. The maximum absolute atomic E-state index is 10.9. The number of carboxylic acids is 1. The second-order valence-corrected chi connectivity index (χ2v) is 4.53. The molecule has 1 fully saturated rings. The van der Waals surface area contributed by atoms with Crippen molar-refractivity contribution in [1.29, 1.82) is 0 Å². The molecule has 1 aliphatic rings. The molecule has 0 aliphatic carbocycles. The van der Waals surface area contributed by atoms with Crippen molar-refractivity contribution in [1.82, 2.24) is 0 Å². The summed E-state index contributed by atoms with van der Waals surface area (Å²) in [6.07, 6.45) is -7.71. The molecule has 0 aromatic heterocycles. The van der Waals surface area contributed by atoms with Crippen molar-refractivity contribution >= 4 is 5.97 Å². The normalized spacial score (nSPS) is 33.9. The summed E-state index contributed by atoms with van der Waals surface area (Å²) in [6.45, 7) is 0.0681. The Labute approximate surface area is 115 Å². The van der Waals surface area contributed by atoms with E-state index in [0.717, 1.165) is 5.56 Å². The Hall–Kier alpha value is -1.51. The van der Waals surface area contributed by atoms with Gasteiger partial charge in [0, 0.05) is 0 Å². The molecule has 0 radical (unpaired) electrons. The Balaban J connectivity index is 2.05. The third-order valence-corrected chi connectivity index (χ3v) is 3.09. The summed E-state index contributed by atoms with van der Waals surface area (Å²) in [5, 5.41) is 37.9. The Morgan fingerprint density at radius 2 is 1.80 bits per heavy atom. The summed E-state index contributed by atoms with van der Waals surface area (Å²) < 4.78 is 9.97. The SMILES string of the molecule is O=C(O)[C@@H]1O[C@H](O)[C@H](O)[C@@H](OCc2ccccc2)[C@@H]1O.